The summed E-state index contributed by atoms with van der Waals surface area (Å²) < 4.78 is 43.3. The Hall–Kier alpha value is -2.08. The van der Waals surface area contributed by atoms with Gasteiger partial charge in [-0.2, -0.15) is 18.2 Å². The van der Waals surface area contributed by atoms with Crippen molar-refractivity contribution >= 4 is 16.7 Å². The fourth-order valence-electron chi connectivity index (χ4n) is 4.84. The van der Waals surface area contributed by atoms with Crippen LogP contribution in [0.2, 0.25) is 0 Å². The van der Waals surface area contributed by atoms with Crippen molar-refractivity contribution in [3.05, 3.63) is 47.5 Å². The van der Waals surface area contributed by atoms with Crippen LogP contribution in [0.4, 0.5) is 13.2 Å². The predicted molar refractivity (Wildman–Crippen MR) is 123 cm³/mol. The largest absolute Gasteiger partial charge is 0.409 e. The van der Waals surface area contributed by atoms with Crippen LogP contribution in [-0.2, 0) is 11.2 Å². The van der Waals surface area contributed by atoms with E-state index in [9.17, 15) is 18.0 Å². The van der Waals surface area contributed by atoms with Gasteiger partial charge in [-0.3, -0.25) is 10.2 Å². The lowest BCUT2D eigenvalue weighted by atomic mass is 9.90. The molecule has 1 unspecified atom stereocenters. The molecular formula is C26H35F3N2O. The zero-order chi connectivity index (χ0) is 23.4. The van der Waals surface area contributed by atoms with Crippen molar-refractivity contribution in [3.63, 3.8) is 0 Å². The lowest BCUT2D eigenvalue weighted by Crippen LogP contribution is -2.51. The summed E-state index contributed by atoms with van der Waals surface area (Å²) >= 11 is 0. The van der Waals surface area contributed by atoms with Gasteiger partial charge in [0.1, 0.15) is 0 Å². The molecule has 1 N–H and O–H groups in total. The van der Waals surface area contributed by atoms with Gasteiger partial charge in [0, 0.05) is 12.0 Å². The molecule has 32 heavy (non-hydrogen) atoms. The second-order valence-electron chi connectivity index (χ2n) is 9.57. The molecule has 1 fully saturated rings. The Morgan fingerprint density at radius 2 is 1.62 bits per heavy atom. The number of benzene rings is 2. The first kappa shape index (κ1) is 24.6. The first-order valence-electron chi connectivity index (χ1n) is 11.8. The molecule has 3 rings (SSSR count). The molecule has 0 bridgehead atoms. The van der Waals surface area contributed by atoms with E-state index in [1.165, 1.54) is 25.7 Å². The second kappa shape index (κ2) is 10.2. The van der Waals surface area contributed by atoms with Crippen LogP contribution in [-0.4, -0.2) is 22.6 Å². The maximum atomic E-state index is 14.4. The Balaban J connectivity index is 1.92. The van der Waals surface area contributed by atoms with Crippen molar-refractivity contribution in [2.24, 2.45) is 0 Å². The maximum Gasteiger partial charge on any atom is 0.409 e. The fraction of sp³-hybridized carbons (Fsp3) is 0.577. The van der Waals surface area contributed by atoms with E-state index in [2.05, 4.69) is 12.3 Å². The number of fused-ring (bicyclic) bond motifs is 1. The van der Waals surface area contributed by atoms with Crippen LogP contribution in [0.3, 0.4) is 0 Å². The Morgan fingerprint density at radius 1 is 1.00 bits per heavy atom. The number of hydrogen-bond acceptors (Lipinski definition) is 2. The number of nitrogens with one attached hydrogen (secondary N) is 1. The summed E-state index contributed by atoms with van der Waals surface area (Å²) in [6.07, 6.45) is 4.41. The molecule has 2 aromatic rings. The maximum absolute atomic E-state index is 14.4. The highest BCUT2D eigenvalue weighted by atomic mass is 19.4. The van der Waals surface area contributed by atoms with Gasteiger partial charge in [-0.15, -0.1) is 0 Å². The highest BCUT2D eigenvalue weighted by molar-refractivity contribution is 5.89. The van der Waals surface area contributed by atoms with Crippen LogP contribution in [0, 0.1) is 0 Å². The molecule has 6 heteroatoms. The summed E-state index contributed by atoms with van der Waals surface area (Å²) in [4.78, 5) is 12.0. The minimum atomic E-state index is -4.53. The third-order valence-corrected chi connectivity index (χ3v) is 6.43. The average Bonchev–Trinajstić information content (AvgIpc) is 2.98. The molecule has 0 aromatic heterocycles. The number of rotatable bonds is 10. The lowest BCUT2D eigenvalue weighted by Gasteiger charge is -2.38. The topological polar surface area (TPSA) is 32.3 Å². The van der Waals surface area contributed by atoms with Crippen molar-refractivity contribution in [2.45, 2.75) is 96.3 Å². The van der Waals surface area contributed by atoms with Gasteiger partial charge in [0.15, 0.2) is 6.04 Å². The van der Waals surface area contributed by atoms with Crippen molar-refractivity contribution in [1.29, 1.82) is 0 Å². The summed E-state index contributed by atoms with van der Waals surface area (Å²) in [5.74, 6) is -0.382. The minimum absolute atomic E-state index is 0.0369. The van der Waals surface area contributed by atoms with Gasteiger partial charge in [0.25, 0.3) is 0 Å². The number of amides is 1. The monoisotopic (exact) mass is 448 g/mol. The Labute approximate surface area is 189 Å². The van der Waals surface area contributed by atoms with Crippen LogP contribution in [0.15, 0.2) is 36.4 Å². The molecule has 1 aliphatic heterocycles. The van der Waals surface area contributed by atoms with Crippen LogP contribution in [0.1, 0.15) is 89.3 Å². The lowest BCUT2D eigenvalue weighted by molar-refractivity contribution is -0.203. The van der Waals surface area contributed by atoms with Gasteiger partial charge in [-0.25, -0.2) is 0 Å². The first-order chi connectivity index (χ1) is 15.1. The standard InChI is InChI=1S/C26H35F3N2O/c1-4-5-6-7-8-9-10-13-19-14-11-15-20-16-12-17-21(23(19)20)24(26(27,28)29)31-25(2,3)18-22(32)30-31/h11-12,14-17,24H,4-10,13,18H2,1-3H3,(H,30,32). The molecule has 0 saturated carbocycles. The van der Waals surface area contributed by atoms with E-state index >= 15 is 0 Å². The van der Waals surface area contributed by atoms with E-state index in [1.54, 1.807) is 26.0 Å². The summed E-state index contributed by atoms with van der Waals surface area (Å²) in [6, 6.07) is 8.95. The SMILES string of the molecule is CCCCCCCCCc1cccc2cccc(C(N3NC(=O)CC3(C)C)C(F)(F)F)c12. The zero-order valence-corrected chi connectivity index (χ0v) is 19.4. The van der Waals surface area contributed by atoms with Crippen molar-refractivity contribution in [1.82, 2.24) is 10.4 Å². The molecule has 2 aromatic carbocycles. The number of unbranched alkanes of at least 4 members (excludes halogenated alkanes) is 6. The number of carbonyl (C=O) groups is 1. The quantitative estimate of drug-likeness (QED) is 0.388. The van der Waals surface area contributed by atoms with Crippen LogP contribution in [0.5, 0.6) is 0 Å². The number of aryl methyl sites for hydroxylation is 1. The Morgan fingerprint density at radius 3 is 2.22 bits per heavy atom. The summed E-state index contributed by atoms with van der Waals surface area (Å²) in [5.41, 5.74) is 2.71. The molecule has 3 nitrogen and oxygen atoms in total. The zero-order valence-electron chi connectivity index (χ0n) is 19.4. The van der Waals surface area contributed by atoms with Gasteiger partial charge in [0.05, 0.1) is 0 Å². The molecule has 1 amide bonds. The highest BCUT2D eigenvalue weighted by Gasteiger charge is 2.53. The minimum Gasteiger partial charge on any atom is -0.287 e. The Bertz CT molecular complexity index is 918. The number of halogens is 3. The summed E-state index contributed by atoms with van der Waals surface area (Å²) in [5, 5.41) is 2.58. The third kappa shape index (κ3) is 5.64. The van der Waals surface area contributed by atoms with Gasteiger partial charge in [-0.1, -0.05) is 81.8 Å². The van der Waals surface area contributed by atoms with Gasteiger partial charge >= 0.3 is 6.18 Å². The number of alkyl halides is 3. The predicted octanol–water partition coefficient (Wildman–Crippen LogP) is 7.25. The van der Waals surface area contributed by atoms with Crippen LogP contribution >= 0.6 is 0 Å². The summed E-state index contributed by atoms with van der Waals surface area (Å²) in [6.45, 7) is 5.55. The molecule has 176 valence electrons. The Kier molecular flexibility index (Phi) is 7.86. The van der Waals surface area contributed by atoms with E-state index in [4.69, 9.17) is 0 Å². The van der Waals surface area contributed by atoms with E-state index in [0.29, 0.717) is 5.39 Å². The number of hydrazine groups is 1. The molecule has 0 radical (unpaired) electrons. The molecule has 1 saturated heterocycles. The van der Waals surface area contributed by atoms with Gasteiger partial charge in [-0.05, 0) is 48.6 Å². The van der Waals surface area contributed by atoms with E-state index in [1.807, 2.05) is 24.3 Å². The molecule has 1 heterocycles. The number of carbonyl (C=O) groups excluding carboxylic acids is 1. The summed E-state index contributed by atoms with van der Waals surface area (Å²) in [7, 11) is 0. The first-order valence-corrected chi connectivity index (χ1v) is 11.8. The molecule has 1 atom stereocenters. The molecule has 1 aliphatic rings. The average molecular weight is 449 g/mol. The smallest absolute Gasteiger partial charge is 0.287 e. The molecule has 0 aliphatic carbocycles. The molecule has 0 spiro atoms. The number of hydrogen-bond donors (Lipinski definition) is 1. The second-order valence-corrected chi connectivity index (χ2v) is 9.57. The van der Waals surface area contributed by atoms with E-state index in [-0.39, 0.29) is 17.9 Å². The van der Waals surface area contributed by atoms with E-state index in [0.717, 1.165) is 41.6 Å². The van der Waals surface area contributed by atoms with Crippen molar-refractivity contribution in [2.75, 3.05) is 0 Å². The van der Waals surface area contributed by atoms with Crippen molar-refractivity contribution in [3.8, 4) is 0 Å². The molecular weight excluding hydrogens is 413 g/mol. The van der Waals surface area contributed by atoms with Gasteiger partial charge in [0.2, 0.25) is 5.91 Å². The van der Waals surface area contributed by atoms with Crippen LogP contribution in [0.25, 0.3) is 10.8 Å². The third-order valence-electron chi connectivity index (χ3n) is 6.43. The van der Waals surface area contributed by atoms with E-state index < -0.39 is 17.8 Å². The number of nitrogens with zero attached hydrogens (tertiary/aromatic N) is 1. The highest BCUT2D eigenvalue weighted by Crippen LogP contribution is 2.45. The van der Waals surface area contributed by atoms with Gasteiger partial charge < -0.3 is 0 Å². The van der Waals surface area contributed by atoms with Crippen molar-refractivity contribution < 1.29 is 18.0 Å². The van der Waals surface area contributed by atoms with Crippen LogP contribution < -0.4 is 5.43 Å². The normalized spacial score (nSPS) is 17.6. The fourth-order valence-corrected chi connectivity index (χ4v) is 4.84.